The highest BCUT2D eigenvalue weighted by atomic mass is 35.5. The third kappa shape index (κ3) is 3.35. The molecule has 8 heteroatoms. The first-order valence-electron chi connectivity index (χ1n) is 9.78. The Hall–Kier alpha value is -2.93. The highest BCUT2D eigenvalue weighted by molar-refractivity contribution is 6.30. The number of aromatic nitrogens is 6. The summed E-state index contributed by atoms with van der Waals surface area (Å²) in [4.78, 5) is 16.4. The summed E-state index contributed by atoms with van der Waals surface area (Å²) >= 11 is 6.21. The second-order valence-electron chi connectivity index (χ2n) is 7.89. The SMILES string of the molecule is Cc1cnc(N2C[C@@H](C)C[C@@H](c3cn[nH]c3)C2)nc1-c1cnc2ccc(Cl)cn12. The van der Waals surface area contributed by atoms with Gasteiger partial charge in [0, 0.05) is 37.6 Å². The Kier molecular flexibility index (Phi) is 4.47. The van der Waals surface area contributed by atoms with Crippen LogP contribution in [0.1, 0.15) is 30.4 Å². The molecule has 1 aliphatic rings. The third-order valence-corrected chi connectivity index (χ3v) is 5.83. The van der Waals surface area contributed by atoms with Crippen LogP contribution in [0, 0.1) is 12.8 Å². The van der Waals surface area contributed by atoms with Crippen LogP contribution in [0.15, 0.2) is 43.1 Å². The van der Waals surface area contributed by atoms with E-state index in [9.17, 15) is 0 Å². The van der Waals surface area contributed by atoms with Gasteiger partial charge in [-0.15, -0.1) is 0 Å². The van der Waals surface area contributed by atoms with E-state index in [4.69, 9.17) is 16.6 Å². The van der Waals surface area contributed by atoms with Gasteiger partial charge in [0.25, 0.3) is 0 Å². The van der Waals surface area contributed by atoms with Crippen molar-refractivity contribution in [3.05, 3.63) is 59.3 Å². The van der Waals surface area contributed by atoms with Gasteiger partial charge < -0.3 is 4.90 Å². The molecule has 1 N–H and O–H groups in total. The molecular weight excluding hydrogens is 386 g/mol. The van der Waals surface area contributed by atoms with Gasteiger partial charge in [-0.25, -0.2) is 15.0 Å². The van der Waals surface area contributed by atoms with E-state index in [1.807, 2.05) is 54.4 Å². The van der Waals surface area contributed by atoms with Gasteiger partial charge in [0.15, 0.2) is 0 Å². The van der Waals surface area contributed by atoms with E-state index in [1.54, 1.807) is 0 Å². The average molecular weight is 408 g/mol. The number of fused-ring (bicyclic) bond motifs is 1. The molecule has 0 spiro atoms. The molecule has 148 valence electrons. The Morgan fingerprint density at radius 2 is 2.03 bits per heavy atom. The maximum Gasteiger partial charge on any atom is 0.225 e. The minimum absolute atomic E-state index is 0.417. The lowest BCUT2D eigenvalue weighted by Crippen LogP contribution is -2.39. The largest absolute Gasteiger partial charge is 0.340 e. The summed E-state index contributed by atoms with van der Waals surface area (Å²) in [5, 5.41) is 7.72. The molecule has 29 heavy (non-hydrogen) atoms. The van der Waals surface area contributed by atoms with Crippen LogP contribution in [0.3, 0.4) is 0 Å². The highest BCUT2D eigenvalue weighted by Crippen LogP contribution is 2.32. The van der Waals surface area contributed by atoms with Gasteiger partial charge in [-0.1, -0.05) is 18.5 Å². The fraction of sp³-hybridized carbons (Fsp3) is 0.333. The van der Waals surface area contributed by atoms with Crippen molar-refractivity contribution in [3.8, 4) is 11.4 Å². The first-order valence-corrected chi connectivity index (χ1v) is 10.2. The molecule has 0 aliphatic carbocycles. The van der Waals surface area contributed by atoms with Crippen LogP contribution in [-0.4, -0.2) is 42.6 Å². The van der Waals surface area contributed by atoms with E-state index in [-0.39, 0.29) is 0 Å². The number of rotatable bonds is 3. The molecule has 1 saturated heterocycles. The molecule has 0 unspecified atom stereocenters. The number of halogens is 1. The second-order valence-corrected chi connectivity index (χ2v) is 8.33. The molecule has 0 saturated carbocycles. The lowest BCUT2D eigenvalue weighted by Gasteiger charge is -2.36. The van der Waals surface area contributed by atoms with E-state index in [2.05, 4.69) is 32.0 Å². The van der Waals surface area contributed by atoms with E-state index >= 15 is 0 Å². The lowest BCUT2D eigenvalue weighted by molar-refractivity contribution is 0.398. The highest BCUT2D eigenvalue weighted by Gasteiger charge is 2.28. The molecule has 7 nitrogen and oxygen atoms in total. The molecule has 4 aromatic rings. The van der Waals surface area contributed by atoms with Crippen molar-refractivity contribution in [2.45, 2.75) is 26.2 Å². The monoisotopic (exact) mass is 407 g/mol. The number of nitrogens with one attached hydrogen (secondary N) is 1. The summed E-state index contributed by atoms with van der Waals surface area (Å²) in [6, 6.07) is 3.75. The van der Waals surface area contributed by atoms with Crippen LogP contribution in [0.25, 0.3) is 17.0 Å². The molecule has 4 aromatic heterocycles. The van der Waals surface area contributed by atoms with E-state index < -0.39 is 0 Å². The van der Waals surface area contributed by atoms with E-state index in [1.165, 1.54) is 5.56 Å². The standard InChI is InChI=1S/C21H22ClN7/c1-13-5-15(16-7-25-26-8-16)11-28(10-13)21-24-6-14(2)20(27-21)18-9-23-19-4-3-17(22)12-29(18)19/h3-4,6-9,12-13,15H,5,10-11H2,1-2H3,(H,25,26)/t13-,15+/m0/s1. The molecule has 0 aromatic carbocycles. The number of piperidine rings is 1. The molecule has 0 bridgehead atoms. The smallest absolute Gasteiger partial charge is 0.225 e. The van der Waals surface area contributed by atoms with Crippen molar-refractivity contribution >= 4 is 23.2 Å². The van der Waals surface area contributed by atoms with Crippen LogP contribution in [0.5, 0.6) is 0 Å². The van der Waals surface area contributed by atoms with Crippen molar-refractivity contribution in [3.63, 3.8) is 0 Å². The van der Waals surface area contributed by atoms with E-state index in [0.717, 1.165) is 48.1 Å². The van der Waals surface area contributed by atoms with Crippen molar-refractivity contribution in [1.82, 2.24) is 29.5 Å². The zero-order chi connectivity index (χ0) is 20.0. The predicted octanol–water partition coefficient (Wildman–Crippen LogP) is 4.11. The Morgan fingerprint density at radius 3 is 2.86 bits per heavy atom. The maximum atomic E-state index is 6.21. The number of anilines is 1. The van der Waals surface area contributed by atoms with Crippen molar-refractivity contribution in [2.24, 2.45) is 5.92 Å². The molecule has 1 fully saturated rings. The molecule has 0 radical (unpaired) electrons. The zero-order valence-electron chi connectivity index (χ0n) is 16.4. The van der Waals surface area contributed by atoms with Gasteiger partial charge in [0.1, 0.15) is 5.65 Å². The Balaban J connectivity index is 1.53. The van der Waals surface area contributed by atoms with Gasteiger partial charge in [-0.3, -0.25) is 9.50 Å². The molecule has 0 amide bonds. The van der Waals surface area contributed by atoms with Crippen molar-refractivity contribution < 1.29 is 0 Å². The van der Waals surface area contributed by atoms with Crippen molar-refractivity contribution in [2.75, 3.05) is 18.0 Å². The fourth-order valence-electron chi connectivity index (χ4n) is 4.21. The molecule has 5 rings (SSSR count). The van der Waals surface area contributed by atoms with Gasteiger partial charge in [0.2, 0.25) is 5.95 Å². The molecule has 1 aliphatic heterocycles. The maximum absolute atomic E-state index is 6.21. The number of aromatic amines is 1. The van der Waals surface area contributed by atoms with Gasteiger partial charge in [-0.05, 0) is 42.5 Å². The summed E-state index contributed by atoms with van der Waals surface area (Å²) < 4.78 is 1.98. The minimum atomic E-state index is 0.417. The lowest BCUT2D eigenvalue weighted by atomic mass is 9.87. The quantitative estimate of drug-likeness (QED) is 0.553. The summed E-state index contributed by atoms with van der Waals surface area (Å²) in [6.07, 6.45) is 10.7. The number of imidazole rings is 1. The Bertz CT molecular complexity index is 1150. The summed E-state index contributed by atoms with van der Waals surface area (Å²) in [6.45, 7) is 6.12. The van der Waals surface area contributed by atoms with Gasteiger partial charge >= 0.3 is 0 Å². The Labute approximate surface area is 173 Å². The molecule has 5 heterocycles. The molecule has 2 atom stereocenters. The summed E-state index contributed by atoms with van der Waals surface area (Å²) in [5.74, 6) is 1.72. The average Bonchev–Trinajstić information content (AvgIpc) is 3.38. The first kappa shape index (κ1) is 18.1. The van der Waals surface area contributed by atoms with Gasteiger partial charge in [-0.2, -0.15) is 5.10 Å². The van der Waals surface area contributed by atoms with Crippen LogP contribution in [0.2, 0.25) is 5.02 Å². The van der Waals surface area contributed by atoms with Gasteiger partial charge in [0.05, 0.1) is 28.8 Å². The minimum Gasteiger partial charge on any atom is -0.340 e. The second kappa shape index (κ2) is 7.15. The predicted molar refractivity (Wildman–Crippen MR) is 113 cm³/mol. The molecular formula is C21H22ClN7. The Morgan fingerprint density at radius 1 is 1.14 bits per heavy atom. The number of pyridine rings is 1. The summed E-state index contributed by atoms with van der Waals surface area (Å²) in [5.41, 5.74) is 4.89. The topological polar surface area (TPSA) is 75.0 Å². The number of nitrogens with zero attached hydrogens (tertiary/aromatic N) is 6. The first-order chi connectivity index (χ1) is 14.1. The number of hydrogen-bond acceptors (Lipinski definition) is 5. The zero-order valence-corrected chi connectivity index (χ0v) is 17.1. The van der Waals surface area contributed by atoms with Crippen molar-refractivity contribution in [1.29, 1.82) is 0 Å². The number of H-pyrrole nitrogens is 1. The normalized spacial score (nSPS) is 19.8. The van der Waals surface area contributed by atoms with Crippen LogP contribution >= 0.6 is 11.6 Å². The van der Waals surface area contributed by atoms with Crippen LogP contribution in [-0.2, 0) is 0 Å². The number of hydrogen-bond donors (Lipinski definition) is 1. The van der Waals surface area contributed by atoms with Crippen LogP contribution < -0.4 is 4.90 Å². The summed E-state index contributed by atoms with van der Waals surface area (Å²) in [7, 11) is 0. The fourth-order valence-corrected chi connectivity index (χ4v) is 4.38. The third-order valence-electron chi connectivity index (χ3n) is 5.60. The van der Waals surface area contributed by atoms with E-state index in [0.29, 0.717) is 16.9 Å². The number of aryl methyl sites for hydroxylation is 1. The van der Waals surface area contributed by atoms with Crippen LogP contribution in [0.4, 0.5) is 5.95 Å².